The molecule has 26 heavy (non-hydrogen) atoms. The van der Waals surface area contributed by atoms with Crippen LogP contribution in [0.3, 0.4) is 0 Å². The van der Waals surface area contributed by atoms with Crippen molar-refractivity contribution in [3.63, 3.8) is 0 Å². The van der Waals surface area contributed by atoms with Crippen LogP contribution in [0.15, 0.2) is 47.4 Å². The van der Waals surface area contributed by atoms with E-state index in [0.29, 0.717) is 5.75 Å². The third-order valence-electron chi connectivity index (χ3n) is 3.60. The van der Waals surface area contributed by atoms with E-state index in [1.165, 1.54) is 26.4 Å². The van der Waals surface area contributed by atoms with Crippen molar-refractivity contribution < 1.29 is 27.4 Å². The van der Waals surface area contributed by atoms with Crippen molar-refractivity contribution in [2.45, 2.75) is 4.90 Å². The predicted molar refractivity (Wildman–Crippen MR) is 97.3 cm³/mol. The summed E-state index contributed by atoms with van der Waals surface area (Å²) >= 11 is 0. The van der Waals surface area contributed by atoms with Crippen LogP contribution in [0.4, 0.5) is 0 Å². The Kier molecular flexibility index (Phi) is 6.01. The highest BCUT2D eigenvalue weighted by molar-refractivity contribution is 7.89. The van der Waals surface area contributed by atoms with E-state index in [4.69, 9.17) is 19.3 Å². The van der Waals surface area contributed by atoms with Crippen LogP contribution in [0, 0.1) is 0 Å². The van der Waals surface area contributed by atoms with Gasteiger partial charge in [0.1, 0.15) is 22.1 Å². The summed E-state index contributed by atoms with van der Waals surface area (Å²) in [4.78, 5) is 12.2. The van der Waals surface area contributed by atoms with Gasteiger partial charge < -0.3 is 14.2 Å². The molecule has 0 saturated carbocycles. The second-order valence-corrected chi connectivity index (χ2v) is 6.75. The lowest BCUT2D eigenvalue weighted by Crippen LogP contribution is -2.15. The molecule has 0 spiro atoms. The van der Waals surface area contributed by atoms with Crippen LogP contribution in [-0.2, 0) is 10.0 Å². The van der Waals surface area contributed by atoms with Gasteiger partial charge in [-0.2, -0.15) is 0 Å². The number of primary sulfonamides is 1. The largest absolute Gasteiger partial charge is 0.497 e. The average molecular weight is 377 g/mol. The summed E-state index contributed by atoms with van der Waals surface area (Å²) < 4.78 is 38.8. The Bertz CT molecular complexity index is 933. The molecule has 0 aromatic heterocycles. The molecule has 2 N–H and O–H groups in total. The first-order chi connectivity index (χ1) is 12.3. The quantitative estimate of drug-likeness (QED) is 0.586. The van der Waals surface area contributed by atoms with Crippen LogP contribution in [0.2, 0.25) is 0 Å². The minimum absolute atomic E-state index is 0.0000315. The average Bonchev–Trinajstić information content (AvgIpc) is 2.64. The molecule has 0 fully saturated rings. The maximum atomic E-state index is 12.5. The number of methoxy groups -OCH3 is 3. The molecule has 0 atom stereocenters. The molecule has 0 aliphatic heterocycles. The van der Waals surface area contributed by atoms with Crippen molar-refractivity contribution in [1.29, 1.82) is 0 Å². The van der Waals surface area contributed by atoms with E-state index >= 15 is 0 Å². The van der Waals surface area contributed by atoms with Crippen molar-refractivity contribution in [3.05, 3.63) is 53.6 Å². The topological polar surface area (TPSA) is 105 Å². The molecule has 2 aromatic carbocycles. The van der Waals surface area contributed by atoms with E-state index in [9.17, 15) is 13.2 Å². The molecular formula is C18H19NO6S. The lowest BCUT2D eigenvalue weighted by molar-refractivity contribution is 0.104. The number of sulfonamides is 1. The van der Waals surface area contributed by atoms with Gasteiger partial charge in [-0.1, -0.05) is 18.2 Å². The fourth-order valence-electron chi connectivity index (χ4n) is 2.26. The van der Waals surface area contributed by atoms with E-state index in [0.717, 1.165) is 11.6 Å². The summed E-state index contributed by atoms with van der Waals surface area (Å²) in [5.74, 6) is 0.437. The van der Waals surface area contributed by atoms with Crippen LogP contribution < -0.4 is 19.3 Å². The number of benzene rings is 2. The van der Waals surface area contributed by atoms with Gasteiger partial charge >= 0.3 is 0 Å². The van der Waals surface area contributed by atoms with E-state index in [1.807, 2.05) is 0 Å². The highest BCUT2D eigenvalue weighted by Crippen LogP contribution is 2.32. The van der Waals surface area contributed by atoms with Gasteiger partial charge in [-0.05, 0) is 29.8 Å². The smallest absolute Gasteiger partial charge is 0.241 e. The number of ether oxygens (including phenoxy) is 3. The van der Waals surface area contributed by atoms with E-state index in [1.54, 1.807) is 37.5 Å². The van der Waals surface area contributed by atoms with Crippen LogP contribution in [0.5, 0.6) is 17.2 Å². The van der Waals surface area contributed by atoms with Crippen molar-refractivity contribution >= 4 is 21.9 Å². The molecular weight excluding hydrogens is 358 g/mol. The highest BCUT2D eigenvalue weighted by atomic mass is 32.2. The van der Waals surface area contributed by atoms with Gasteiger partial charge in [0.25, 0.3) is 0 Å². The lowest BCUT2D eigenvalue weighted by Gasteiger charge is -2.12. The Hall–Kier alpha value is -2.84. The summed E-state index contributed by atoms with van der Waals surface area (Å²) in [5, 5.41) is 5.20. The Labute approximate surface area is 152 Å². The number of carbonyl (C=O) groups excluding carboxylic acids is 1. The number of carbonyl (C=O) groups is 1. The van der Waals surface area contributed by atoms with Gasteiger partial charge in [0.05, 0.1) is 26.9 Å². The summed E-state index contributed by atoms with van der Waals surface area (Å²) in [7, 11) is 0.161. The Morgan fingerprint density at radius 2 is 1.58 bits per heavy atom. The number of nitrogens with two attached hydrogens (primary N) is 1. The predicted octanol–water partition coefficient (Wildman–Crippen LogP) is 2.26. The molecule has 0 unspecified atom stereocenters. The number of hydrogen-bond acceptors (Lipinski definition) is 6. The standard InChI is InChI=1S/C18H19NO6S/c1-23-13-7-4-12(5-8-13)6-9-15(20)14-10-18(26(19,21)22)17(25-3)11-16(14)24-2/h4-11H,1-3H3,(H2,19,21,22)/b9-6+. The minimum atomic E-state index is -4.07. The van der Waals surface area contributed by atoms with Crippen molar-refractivity contribution in [2.24, 2.45) is 5.14 Å². The van der Waals surface area contributed by atoms with Crippen molar-refractivity contribution in [2.75, 3.05) is 21.3 Å². The molecule has 0 saturated heterocycles. The second kappa shape index (κ2) is 8.03. The fourth-order valence-corrected chi connectivity index (χ4v) is 2.97. The fraction of sp³-hybridized carbons (Fsp3) is 0.167. The zero-order valence-electron chi connectivity index (χ0n) is 14.6. The van der Waals surface area contributed by atoms with Crippen LogP contribution in [0.1, 0.15) is 15.9 Å². The Morgan fingerprint density at radius 1 is 0.962 bits per heavy atom. The van der Waals surface area contributed by atoms with E-state index in [2.05, 4.69) is 0 Å². The first-order valence-electron chi connectivity index (χ1n) is 7.45. The van der Waals surface area contributed by atoms with Crippen LogP contribution in [0.25, 0.3) is 6.08 Å². The van der Waals surface area contributed by atoms with Gasteiger partial charge in [-0.25, -0.2) is 13.6 Å². The zero-order chi connectivity index (χ0) is 19.3. The maximum Gasteiger partial charge on any atom is 0.241 e. The van der Waals surface area contributed by atoms with Gasteiger partial charge in [-0.15, -0.1) is 0 Å². The molecule has 0 aliphatic rings. The zero-order valence-corrected chi connectivity index (χ0v) is 15.4. The molecule has 0 aliphatic carbocycles. The molecule has 7 nitrogen and oxygen atoms in total. The number of allylic oxidation sites excluding steroid dienone is 1. The number of rotatable bonds is 7. The van der Waals surface area contributed by atoms with Crippen LogP contribution >= 0.6 is 0 Å². The second-order valence-electron chi connectivity index (χ2n) is 5.22. The Morgan fingerprint density at radius 3 is 2.08 bits per heavy atom. The number of hydrogen-bond donors (Lipinski definition) is 1. The van der Waals surface area contributed by atoms with Crippen molar-refractivity contribution in [3.8, 4) is 17.2 Å². The molecule has 0 bridgehead atoms. The van der Waals surface area contributed by atoms with Gasteiger partial charge in [0.15, 0.2) is 5.78 Å². The molecule has 0 amide bonds. The summed E-state index contributed by atoms with van der Waals surface area (Å²) in [5.41, 5.74) is 0.834. The number of ketones is 1. The molecule has 0 radical (unpaired) electrons. The Balaban J connectivity index is 2.41. The summed E-state index contributed by atoms with van der Waals surface area (Å²) in [6.07, 6.45) is 2.92. The molecule has 2 rings (SSSR count). The third kappa shape index (κ3) is 4.41. The molecule has 0 heterocycles. The van der Waals surface area contributed by atoms with Gasteiger partial charge in [0, 0.05) is 6.07 Å². The molecule has 8 heteroatoms. The van der Waals surface area contributed by atoms with Crippen molar-refractivity contribution in [1.82, 2.24) is 0 Å². The molecule has 2 aromatic rings. The van der Waals surface area contributed by atoms with E-state index < -0.39 is 15.8 Å². The summed E-state index contributed by atoms with van der Waals surface area (Å²) in [6, 6.07) is 9.55. The summed E-state index contributed by atoms with van der Waals surface area (Å²) in [6.45, 7) is 0. The highest BCUT2D eigenvalue weighted by Gasteiger charge is 2.21. The maximum absolute atomic E-state index is 12.5. The third-order valence-corrected chi connectivity index (χ3v) is 4.53. The minimum Gasteiger partial charge on any atom is -0.497 e. The first kappa shape index (κ1) is 19.5. The normalized spacial score (nSPS) is 11.4. The van der Waals surface area contributed by atoms with Gasteiger partial charge in [-0.3, -0.25) is 4.79 Å². The van der Waals surface area contributed by atoms with E-state index in [-0.39, 0.29) is 22.0 Å². The monoisotopic (exact) mass is 377 g/mol. The van der Waals surface area contributed by atoms with Gasteiger partial charge in [0.2, 0.25) is 10.0 Å². The first-order valence-corrected chi connectivity index (χ1v) is 9.00. The van der Waals surface area contributed by atoms with Crippen LogP contribution in [-0.4, -0.2) is 35.5 Å². The SMILES string of the molecule is COc1ccc(/C=C/C(=O)c2cc(S(N)(=O)=O)c(OC)cc2OC)cc1. The lowest BCUT2D eigenvalue weighted by atomic mass is 10.1. The molecule has 138 valence electrons.